The van der Waals surface area contributed by atoms with Crippen molar-refractivity contribution in [1.82, 2.24) is 5.32 Å². The molecule has 0 spiro atoms. The highest BCUT2D eigenvalue weighted by Gasteiger charge is 2.09. The minimum absolute atomic E-state index is 0.726. The van der Waals surface area contributed by atoms with Gasteiger partial charge in [-0.15, -0.1) is 11.3 Å². The fraction of sp³-hybridized carbons (Fsp3) is 0.231. The first-order chi connectivity index (χ1) is 8.24. The Kier molecular flexibility index (Phi) is 4.05. The molecule has 0 aliphatic heterocycles. The fourth-order valence-corrected chi connectivity index (χ4v) is 2.88. The van der Waals surface area contributed by atoms with Crippen LogP contribution < -0.4 is 10.1 Å². The molecule has 0 unspecified atom stereocenters. The number of ether oxygens (including phenoxy) is 1. The average Bonchev–Trinajstić information content (AvgIpc) is 2.78. The summed E-state index contributed by atoms with van der Waals surface area (Å²) in [7, 11) is 3.62. The van der Waals surface area contributed by atoms with Gasteiger partial charge in [0.15, 0.2) is 0 Å². The van der Waals surface area contributed by atoms with E-state index in [1.54, 1.807) is 18.4 Å². The minimum Gasteiger partial charge on any atom is -0.496 e. The molecular weight excluding hydrogens is 254 g/mol. The van der Waals surface area contributed by atoms with Crippen LogP contribution >= 0.6 is 22.9 Å². The predicted molar refractivity (Wildman–Crippen MR) is 74.1 cm³/mol. The molecule has 1 aromatic heterocycles. The second kappa shape index (κ2) is 5.54. The maximum atomic E-state index is 6.03. The lowest BCUT2D eigenvalue weighted by atomic mass is 10.1. The second-order valence-electron chi connectivity index (χ2n) is 3.64. The normalized spacial score (nSPS) is 10.5. The van der Waals surface area contributed by atoms with Gasteiger partial charge < -0.3 is 10.1 Å². The Labute approximate surface area is 110 Å². The minimum atomic E-state index is 0.726. The molecule has 0 radical (unpaired) electrons. The van der Waals surface area contributed by atoms with Gasteiger partial charge in [-0.2, -0.15) is 0 Å². The molecule has 0 atom stereocenters. The third kappa shape index (κ3) is 2.80. The van der Waals surface area contributed by atoms with Gasteiger partial charge in [-0.1, -0.05) is 11.6 Å². The number of hydrogen-bond donors (Lipinski definition) is 1. The summed E-state index contributed by atoms with van der Waals surface area (Å²) in [5, 5.41) is 3.87. The molecule has 1 aromatic carbocycles. The smallest absolute Gasteiger partial charge is 0.127 e. The monoisotopic (exact) mass is 267 g/mol. The SMILES string of the molecule is CNCc1ccc(-c2cc(Cl)ccc2OC)s1. The van der Waals surface area contributed by atoms with Crippen molar-refractivity contribution in [1.29, 1.82) is 0 Å². The van der Waals surface area contributed by atoms with E-state index in [0.29, 0.717) is 0 Å². The van der Waals surface area contributed by atoms with Gasteiger partial charge in [0.2, 0.25) is 0 Å². The highest BCUT2D eigenvalue weighted by molar-refractivity contribution is 7.15. The summed E-state index contributed by atoms with van der Waals surface area (Å²) in [5.74, 6) is 0.854. The average molecular weight is 268 g/mol. The van der Waals surface area contributed by atoms with Gasteiger partial charge in [0, 0.05) is 26.9 Å². The van der Waals surface area contributed by atoms with Crippen LogP contribution in [-0.4, -0.2) is 14.2 Å². The van der Waals surface area contributed by atoms with Gasteiger partial charge >= 0.3 is 0 Å². The van der Waals surface area contributed by atoms with Gasteiger partial charge in [0.05, 0.1) is 7.11 Å². The molecule has 0 saturated heterocycles. The first-order valence-electron chi connectivity index (χ1n) is 5.32. The Morgan fingerprint density at radius 2 is 2.12 bits per heavy atom. The van der Waals surface area contributed by atoms with E-state index in [-0.39, 0.29) is 0 Å². The maximum Gasteiger partial charge on any atom is 0.127 e. The predicted octanol–water partition coefficient (Wildman–Crippen LogP) is 3.80. The summed E-state index contributed by atoms with van der Waals surface area (Å²) in [4.78, 5) is 2.47. The Morgan fingerprint density at radius 1 is 1.29 bits per heavy atom. The van der Waals surface area contributed by atoms with Crippen molar-refractivity contribution >= 4 is 22.9 Å². The van der Waals surface area contributed by atoms with E-state index in [0.717, 1.165) is 22.9 Å². The molecule has 0 amide bonds. The number of rotatable bonds is 4. The van der Waals surface area contributed by atoms with Crippen molar-refractivity contribution in [3.8, 4) is 16.2 Å². The number of methoxy groups -OCH3 is 1. The van der Waals surface area contributed by atoms with Crippen molar-refractivity contribution in [3.63, 3.8) is 0 Å². The summed E-state index contributed by atoms with van der Waals surface area (Å²) in [6.45, 7) is 0.882. The van der Waals surface area contributed by atoms with Crippen LogP contribution in [0.25, 0.3) is 10.4 Å². The lowest BCUT2D eigenvalue weighted by Crippen LogP contribution is -2.02. The molecule has 0 bridgehead atoms. The highest BCUT2D eigenvalue weighted by atomic mass is 35.5. The van der Waals surface area contributed by atoms with Gasteiger partial charge in [0.1, 0.15) is 5.75 Å². The molecule has 2 nitrogen and oxygen atoms in total. The van der Waals surface area contributed by atoms with Gasteiger partial charge in [0.25, 0.3) is 0 Å². The summed E-state index contributed by atoms with van der Waals surface area (Å²) in [6.07, 6.45) is 0. The molecule has 0 aliphatic rings. The van der Waals surface area contributed by atoms with Crippen molar-refractivity contribution in [2.45, 2.75) is 6.54 Å². The number of thiophene rings is 1. The van der Waals surface area contributed by atoms with Crippen LogP contribution in [0.3, 0.4) is 0 Å². The summed E-state index contributed by atoms with van der Waals surface area (Å²) >= 11 is 7.78. The van der Waals surface area contributed by atoms with Crippen LogP contribution in [0.4, 0.5) is 0 Å². The van der Waals surface area contributed by atoms with E-state index in [1.165, 1.54) is 9.75 Å². The number of benzene rings is 1. The number of hydrogen-bond acceptors (Lipinski definition) is 3. The van der Waals surface area contributed by atoms with E-state index in [1.807, 2.05) is 25.2 Å². The van der Waals surface area contributed by atoms with Crippen LogP contribution in [0, 0.1) is 0 Å². The summed E-state index contributed by atoms with van der Waals surface area (Å²) in [6, 6.07) is 9.90. The van der Waals surface area contributed by atoms with E-state index in [9.17, 15) is 0 Å². The Bertz CT molecular complexity index is 510. The second-order valence-corrected chi connectivity index (χ2v) is 5.25. The van der Waals surface area contributed by atoms with Crippen LogP contribution in [0.15, 0.2) is 30.3 Å². The lowest BCUT2D eigenvalue weighted by Gasteiger charge is -2.06. The van der Waals surface area contributed by atoms with E-state index in [4.69, 9.17) is 16.3 Å². The molecule has 2 aromatic rings. The number of nitrogens with one attached hydrogen (secondary N) is 1. The van der Waals surface area contributed by atoms with Gasteiger partial charge in [-0.3, -0.25) is 0 Å². The van der Waals surface area contributed by atoms with Gasteiger partial charge in [-0.05, 0) is 37.4 Å². The molecule has 17 heavy (non-hydrogen) atoms. The third-order valence-corrected chi connectivity index (χ3v) is 3.79. The first-order valence-corrected chi connectivity index (χ1v) is 6.51. The molecule has 2 rings (SSSR count). The number of halogens is 1. The first kappa shape index (κ1) is 12.4. The van der Waals surface area contributed by atoms with Crippen molar-refractivity contribution in [2.24, 2.45) is 0 Å². The van der Waals surface area contributed by atoms with Crippen LogP contribution in [-0.2, 0) is 6.54 Å². The van der Waals surface area contributed by atoms with Crippen molar-refractivity contribution in [2.75, 3.05) is 14.2 Å². The molecule has 4 heteroatoms. The zero-order valence-corrected chi connectivity index (χ0v) is 11.4. The molecule has 1 N–H and O–H groups in total. The quantitative estimate of drug-likeness (QED) is 0.910. The van der Waals surface area contributed by atoms with Crippen LogP contribution in [0.1, 0.15) is 4.88 Å². The molecule has 90 valence electrons. The maximum absolute atomic E-state index is 6.03. The summed E-state index contributed by atoms with van der Waals surface area (Å²) in [5.41, 5.74) is 1.05. The molecule has 0 aliphatic carbocycles. The van der Waals surface area contributed by atoms with Crippen LogP contribution in [0.2, 0.25) is 5.02 Å². The Morgan fingerprint density at radius 3 is 2.82 bits per heavy atom. The topological polar surface area (TPSA) is 21.3 Å². The molecular formula is C13H14ClNOS. The Balaban J connectivity index is 2.40. The molecule has 0 saturated carbocycles. The van der Waals surface area contributed by atoms with Gasteiger partial charge in [-0.25, -0.2) is 0 Å². The van der Waals surface area contributed by atoms with E-state index < -0.39 is 0 Å². The molecule has 0 fully saturated rings. The largest absolute Gasteiger partial charge is 0.496 e. The van der Waals surface area contributed by atoms with Crippen molar-refractivity contribution in [3.05, 3.63) is 40.2 Å². The van der Waals surface area contributed by atoms with E-state index in [2.05, 4.69) is 17.4 Å². The van der Waals surface area contributed by atoms with Crippen molar-refractivity contribution < 1.29 is 4.74 Å². The van der Waals surface area contributed by atoms with Crippen LogP contribution in [0.5, 0.6) is 5.75 Å². The van der Waals surface area contributed by atoms with E-state index >= 15 is 0 Å². The Hall–Kier alpha value is -1.03. The third-order valence-electron chi connectivity index (χ3n) is 2.44. The standard InChI is InChI=1S/C13H14ClNOS/c1-15-8-10-4-6-13(17-10)11-7-9(14)3-5-12(11)16-2/h3-7,15H,8H2,1-2H3. The highest BCUT2D eigenvalue weighted by Crippen LogP contribution is 2.36. The molecule has 1 heterocycles. The zero-order valence-electron chi connectivity index (χ0n) is 9.79. The lowest BCUT2D eigenvalue weighted by molar-refractivity contribution is 0.416. The fourth-order valence-electron chi connectivity index (χ4n) is 1.66. The summed E-state index contributed by atoms with van der Waals surface area (Å²) < 4.78 is 5.36. The zero-order chi connectivity index (χ0) is 12.3.